The van der Waals surface area contributed by atoms with Gasteiger partial charge in [0.05, 0.1) is 0 Å². The van der Waals surface area contributed by atoms with Crippen molar-refractivity contribution in [3.05, 3.63) is 29.8 Å². The molecule has 0 unspecified atom stereocenters. The summed E-state index contributed by atoms with van der Waals surface area (Å²) in [6.07, 6.45) is 2.38. The van der Waals surface area contributed by atoms with Crippen LogP contribution in [0.25, 0.3) is 0 Å². The fourth-order valence-electron chi connectivity index (χ4n) is 2.31. The van der Waals surface area contributed by atoms with E-state index in [9.17, 15) is 9.59 Å². The molecule has 0 atom stereocenters. The molecule has 0 radical (unpaired) electrons. The van der Waals surface area contributed by atoms with E-state index in [0.717, 1.165) is 31.6 Å². The molecule has 0 aromatic heterocycles. The van der Waals surface area contributed by atoms with Crippen molar-refractivity contribution in [2.45, 2.75) is 19.3 Å². The van der Waals surface area contributed by atoms with Gasteiger partial charge in [-0.25, -0.2) is 0 Å². The van der Waals surface area contributed by atoms with E-state index in [2.05, 4.69) is 10.6 Å². The highest BCUT2D eigenvalue weighted by Gasteiger charge is 2.22. The number of carbonyl (C=O) groups excluding carboxylic acids is 2. The van der Waals surface area contributed by atoms with Crippen molar-refractivity contribution in [2.75, 3.05) is 31.6 Å². The highest BCUT2D eigenvalue weighted by atomic mass is 16.2. The topological polar surface area (TPSA) is 61.4 Å². The van der Waals surface area contributed by atoms with Crippen LogP contribution >= 0.6 is 0 Å². The second-order valence-electron chi connectivity index (χ2n) is 4.91. The average molecular weight is 275 g/mol. The zero-order valence-electron chi connectivity index (χ0n) is 11.8. The molecule has 5 nitrogen and oxygen atoms in total. The predicted octanol–water partition coefficient (Wildman–Crippen LogP) is 1.15. The lowest BCUT2D eigenvalue weighted by Gasteiger charge is -2.16. The van der Waals surface area contributed by atoms with Crippen molar-refractivity contribution < 1.29 is 9.59 Å². The molecule has 2 N–H and O–H groups in total. The van der Waals surface area contributed by atoms with Crippen LogP contribution in [-0.2, 0) is 4.79 Å². The van der Waals surface area contributed by atoms with Gasteiger partial charge >= 0.3 is 0 Å². The summed E-state index contributed by atoms with van der Waals surface area (Å²) in [6.45, 7) is 2.27. The van der Waals surface area contributed by atoms with Gasteiger partial charge in [0.25, 0.3) is 5.91 Å². The molecule has 1 aromatic carbocycles. The molecule has 1 aliphatic rings. The first kappa shape index (κ1) is 14.5. The fourth-order valence-corrected chi connectivity index (χ4v) is 2.31. The molecule has 0 aliphatic carbocycles. The summed E-state index contributed by atoms with van der Waals surface area (Å²) in [5.74, 6) is 0.0474. The molecule has 1 aliphatic heterocycles. The Hall–Kier alpha value is -1.88. The largest absolute Gasteiger partial charge is 0.352 e. The summed E-state index contributed by atoms with van der Waals surface area (Å²) in [7, 11) is 1.89. The molecule has 1 aromatic rings. The van der Waals surface area contributed by atoms with Crippen molar-refractivity contribution in [3.63, 3.8) is 0 Å². The Bertz CT molecular complexity index is 488. The smallest absolute Gasteiger partial charge is 0.251 e. The molecule has 1 fully saturated rings. The first-order chi connectivity index (χ1) is 9.72. The zero-order valence-corrected chi connectivity index (χ0v) is 11.8. The van der Waals surface area contributed by atoms with Gasteiger partial charge in [0.2, 0.25) is 5.91 Å². The van der Waals surface area contributed by atoms with Gasteiger partial charge in [-0.15, -0.1) is 0 Å². The molecule has 2 amide bonds. The molecule has 20 heavy (non-hydrogen) atoms. The molecule has 1 saturated heterocycles. The van der Waals surface area contributed by atoms with Gasteiger partial charge in [-0.1, -0.05) is 6.07 Å². The van der Waals surface area contributed by atoms with E-state index in [1.54, 1.807) is 17.0 Å². The highest BCUT2D eigenvalue weighted by molar-refractivity contribution is 5.99. The number of amides is 2. The lowest BCUT2D eigenvalue weighted by molar-refractivity contribution is -0.117. The quantitative estimate of drug-likeness (QED) is 0.766. The molecule has 1 heterocycles. The van der Waals surface area contributed by atoms with E-state index in [1.165, 1.54) is 0 Å². The Labute approximate surface area is 119 Å². The van der Waals surface area contributed by atoms with E-state index < -0.39 is 0 Å². The minimum Gasteiger partial charge on any atom is -0.352 e. The second-order valence-corrected chi connectivity index (χ2v) is 4.91. The molecule has 2 rings (SSSR count). The first-order valence-electron chi connectivity index (χ1n) is 7.05. The maximum Gasteiger partial charge on any atom is 0.251 e. The lowest BCUT2D eigenvalue weighted by Crippen LogP contribution is -2.27. The van der Waals surface area contributed by atoms with Crippen molar-refractivity contribution in [3.8, 4) is 0 Å². The van der Waals surface area contributed by atoms with Crippen LogP contribution in [0.4, 0.5) is 5.69 Å². The predicted molar refractivity (Wildman–Crippen MR) is 78.9 cm³/mol. The van der Waals surface area contributed by atoms with Gasteiger partial charge in [-0.2, -0.15) is 0 Å². The zero-order chi connectivity index (χ0) is 14.4. The van der Waals surface area contributed by atoms with Crippen molar-refractivity contribution in [2.24, 2.45) is 0 Å². The number of nitrogens with one attached hydrogen (secondary N) is 2. The summed E-state index contributed by atoms with van der Waals surface area (Å²) in [4.78, 5) is 25.5. The van der Waals surface area contributed by atoms with Gasteiger partial charge < -0.3 is 15.5 Å². The third-order valence-corrected chi connectivity index (χ3v) is 3.38. The minimum absolute atomic E-state index is 0.0883. The summed E-state index contributed by atoms with van der Waals surface area (Å²) in [6, 6.07) is 7.26. The number of hydrogen-bond acceptors (Lipinski definition) is 3. The van der Waals surface area contributed by atoms with Crippen LogP contribution in [0.15, 0.2) is 24.3 Å². The van der Waals surface area contributed by atoms with Crippen LogP contribution in [0.2, 0.25) is 0 Å². The van der Waals surface area contributed by atoms with E-state index in [0.29, 0.717) is 18.5 Å². The average Bonchev–Trinajstić information content (AvgIpc) is 2.90. The van der Waals surface area contributed by atoms with Crippen molar-refractivity contribution >= 4 is 17.5 Å². The Morgan fingerprint density at radius 1 is 1.35 bits per heavy atom. The van der Waals surface area contributed by atoms with Crippen molar-refractivity contribution in [1.29, 1.82) is 0 Å². The standard InChI is InChI=1S/C15H21N3O2/c1-16-8-4-9-17-15(20)12-5-2-6-13(11-12)18-10-3-7-14(18)19/h2,5-6,11,16H,3-4,7-10H2,1H3,(H,17,20). The maximum absolute atomic E-state index is 12.0. The summed E-state index contributed by atoms with van der Waals surface area (Å²) in [5.41, 5.74) is 1.42. The van der Waals surface area contributed by atoms with Crippen LogP contribution in [0.5, 0.6) is 0 Å². The van der Waals surface area contributed by atoms with Gasteiger partial charge in [-0.05, 0) is 44.6 Å². The molecular formula is C15H21N3O2. The van der Waals surface area contributed by atoms with Gasteiger partial charge in [0.1, 0.15) is 0 Å². The van der Waals surface area contributed by atoms with Gasteiger partial charge in [0.15, 0.2) is 0 Å². The Morgan fingerprint density at radius 3 is 2.90 bits per heavy atom. The number of hydrogen-bond donors (Lipinski definition) is 2. The van der Waals surface area contributed by atoms with Crippen molar-refractivity contribution in [1.82, 2.24) is 10.6 Å². The SMILES string of the molecule is CNCCCNC(=O)c1cccc(N2CCCC2=O)c1. The summed E-state index contributed by atoms with van der Waals surface area (Å²) < 4.78 is 0. The Balaban J connectivity index is 1.98. The third-order valence-electron chi connectivity index (χ3n) is 3.38. The first-order valence-corrected chi connectivity index (χ1v) is 7.05. The maximum atomic E-state index is 12.0. The number of nitrogens with zero attached hydrogens (tertiary/aromatic N) is 1. The molecule has 5 heteroatoms. The monoisotopic (exact) mass is 275 g/mol. The van der Waals surface area contributed by atoms with Gasteiger partial charge in [-0.3, -0.25) is 9.59 Å². The number of carbonyl (C=O) groups is 2. The Kier molecular flexibility index (Phi) is 5.12. The van der Waals surface area contributed by atoms with Crippen LogP contribution in [-0.4, -0.2) is 38.5 Å². The normalized spacial score (nSPS) is 14.7. The summed E-state index contributed by atoms with van der Waals surface area (Å²) in [5, 5.41) is 5.92. The molecule has 0 spiro atoms. The molecule has 0 saturated carbocycles. The molecule has 108 valence electrons. The van der Waals surface area contributed by atoms with E-state index in [1.807, 2.05) is 19.2 Å². The van der Waals surface area contributed by atoms with Crippen LogP contribution in [0.1, 0.15) is 29.6 Å². The van der Waals surface area contributed by atoms with E-state index in [-0.39, 0.29) is 11.8 Å². The fraction of sp³-hybridized carbons (Fsp3) is 0.467. The molecular weight excluding hydrogens is 254 g/mol. The van der Waals surface area contributed by atoms with Crippen LogP contribution in [0.3, 0.4) is 0 Å². The minimum atomic E-state index is -0.0883. The Morgan fingerprint density at radius 2 is 2.20 bits per heavy atom. The summed E-state index contributed by atoms with van der Waals surface area (Å²) >= 11 is 0. The highest BCUT2D eigenvalue weighted by Crippen LogP contribution is 2.22. The second kappa shape index (κ2) is 7.05. The third kappa shape index (κ3) is 3.57. The molecule has 0 bridgehead atoms. The van der Waals surface area contributed by atoms with Crippen LogP contribution < -0.4 is 15.5 Å². The number of benzene rings is 1. The van der Waals surface area contributed by atoms with E-state index in [4.69, 9.17) is 0 Å². The number of anilines is 1. The van der Waals surface area contributed by atoms with Gasteiger partial charge in [0, 0.05) is 30.8 Å². The van der Waals surface area contributed by atoms with Crippen LogP contribution in [0, 0.1) is 0 Å². The lowest BCUT2D eigenvalue weighted by atomic mass is 10.1. The van der Waals surface area contributed by atoms with E-state index >= 15 is 0 Å². The number of rotatable bonds is 6.